The number of hydrogen-bond donors (Lipinski definition) is 0. The molecule has 2 fully saturated rings. The summed E-state index contributed by atoms with van der Waals surface area (Å²) < 4.78 is 32.0. The molecule has 28 heavy (non-hydrogen) atoms. The van der Waals surface area contributed by atoms with Crippen LogP contribution in [0.1, 0.15) is 56.3 Å². The molecular weight excluding hydrogens is 380 g/mol. The lowest BCUT2D eigenvalue weighted by atomic mass is 9.97. The fourth-order valence-electron chi connectivity index (χ4n) is 4.06. The van der Waals surface area contributed by atoms with E-state index in [2.05, 4.69) is 0 Å². The van der Waals surface area contributed by atoms with Crippen LogP contribution in [-0.4, -0.2) is 61.3 Å². The highest BCUT2D eigenvalue weighted by Crippen LogP contribution is 2.23. The Balaban J connectivity index is 1.65. The second-order valence-electron chi connectivity index (χ2n) is 7.65. The van der Waals surface area contributed by atoms with Gasteiger partial charge in [0.25, 0.3) is 5.91 Å². The molecule has 2 heterocycles. The normalized spacial score (nSPS) is 23.6. The van der Waals surface area contributed by atoms with Crippen molar-refractivity contribution >= 4 is 21.9 Å². The van der Waals surface area contributed by atoms with E-state index in [0.717, 1.165) is 32.1 Å². The first kappa shape index (κ1) is 20.8. The minimum atomic E-state index is -3.61. The zero-order chi connectivity index (χ0) is 20.3. The number of amides is 1. The van der Waals surface area contributed by atoms with E-state index < -0.39 is 16.0 Å². The number of sulfonamides is 1. The van der Waals surface area contributed by atoms with Crippen molar-refractivity contribution in [2.75, 3.05) is 19.7 Å². The van der Waals surface area contributed by atoms with E-state index in [0.29, 0.717) is 13.1 Å². The summed E-state index contributed by atoms with van der Waals surface area (Å²) in [4.78, 5) is 26.8. The molecule has 1 amide bonds. The molecule has 0 radical (unpaired) electrons. The van der Waals surface area contributed by atoms with E-state index in [1.54, 1.807) is 4.90 Å². The number of piperidine rings is 1. The average molecular weight is 409 g/mol. The molecule has 2 atom stereocenters. The Labute approximate surface area is 166 Å². The number of carbonyl (C=O) groups excluding carboxylic acids is 2. The molecule has 2 saturated heterocycles. The van der Waals surface area contributed by atoms with Crippen molar-refractivity contribution in [2.45, 2.75) is 62.9 Å². The first-order valence-corrected chi connectivity index (χ1v) is 11.3. The Hall–Kier alpha value is -1.93. The van der Waals surface area contributed by atoms with E-state index in [9.17, 15) is 18.0 Å². The maximum absolute atomic E-state index is 12.7. The van der Waals surface area contributed by atoms with Crippen LogP contribution in [-0.2, 0) is 19.6 Å². The van der Waals surface area contributed by atoms with Crippen molar-refractivity contribution in [3.05, 3.63) is 29.8 Å². The quantitative estimate of drug-likeness (QED) is 0.699. The van der Waals surface area contributed by atoms with Crippen LogP contribution in [0, 0.1) is 0 Å². The predicted octanol–water partition coefficient (Wildman–Crippen LogP) is 2.42. The Kier molecular flexibility index (Phi) is 6.40. The summed E-state index contributed by atoms with van der Waals surface area (Å²) >= 11 is 0. The van der Waals surface area contributed by atoms with E-state index in [1.165, 1.54) is 28.6 Å². The van der Waals surface area contributed by atoms with Gasteiger partial charge in [-0.2, -0.15) is 4.31 Å². The smallest absolute Gasteiger partial charge is 0.338 e. The largest absolute Gasteiger partial charge is 0.452 e. The number of ether oxygens (including phenoxy) is 1. The van der Waals surface area contributed by atoms with Crippen LogP contribution >= 0.6 is 0 Å². The van der Waals surface area contributed by atoms with Gasteiger partial charge in [-0.15, -0.1) is 0 Å². The molecular formula is C20H28N2O5S. The number of benzene rings is 1. The molecule has 1 aromatic rings. The zero-order valence-corrected chi connectivity index (χ0v) is 17.3. The topological polar surface area (TPSA) is 84.0 Å². The summed E-state index contributed by atoms with van der Waals surface area (Å²) in [6.07, 6.45) is 4.66. The van der Waals surface area contributed by atoms with Crippen molar-refractivity contribution in [1.82, 2.24) is 9.21 Å². The molecule has 2 aliphatic heterocycles. The summed E-state index contributed by atoms with van der Waals surface area (Å²) in [5.41, 5.74) is 0.132. The molecule has 0 bridgehead atoms. The molecule has 8 heteroatoms. The molecule has 0 N–H and O–H groups in total. The Morgan fingerprint density at radius 3 is 2.36 bits per heavy atom. The van der Waals surface area contributed by atoms with E-state index >= 15 is 0 Å². The third kappa shape index (κ3) is 4.38. The Bertz CT molecular complexity index is 823. The molecule has 1 aromatic carbocycles. The average Bonchev–Trinajstić information content (AvgIpc) is 3.22. The minimum Gasteiger partial charge on any atom is -0.452 e. The molecule has 154 valence electrons. The molecule has 0 unspecified atom stereocenters. The Morgan fingerprint density at radius 2 is 1.71 bits per heavy atom. The summed E-state index contributed by atoms with van der Waals surface area (Å²) in [6, 6.07) is 6.09. The zero-order valence-electron chi connectivity index (χ0n) is 16.5. The maximum atomic E-state index is 12.7. The monoisotopic (exact) mass is 408 g/mol. The molecule has 0 aromatic heterocycles. The van der Waals surface area contributed by atoms with Gasteiger partial charge in [0, 0.05) is 25.2 Å². The first-order chi connectivity index (χ1) is 13.3. The molecule has 0 spiro atoms. The van der Waals surface area contributed by atoms with Crippen LogP contribution in [0.3, 0.4) is 0 Å². The van der Waals surface area contributed by atoms with Gasteiger partial charge in [-0.25, -0.2) is 13.2 Å². The second kappa shape index (κ2) is 8.61. The van der Waals surface area contributed by atoms with Crippen LogP contribution in [0.2, 0.25) is 0 Å². The summed E-state index contributed by atoms with van der Waals surface area (Å²) in [7, 11) is -3.61. The van der Waals surface area contributed by atoms with Gasteiger partial charge in [0.2, 0.25) is 10.0 Å². The number of esters is 1. The standard InChI is InChI=1S/C20H28N2O5S/c1-15-7-5-8-16(2)22(15)19(23)14-27-20(24)17-9-6-10-18(13-17)28(25,26)21-11-3-4-12-21/h6,9-10,13,15-16H,3-5,7-8,11-12,14H2,1-2H3/t15-,16-/m1/s1. The fraction of sp³-hybridized carbons (Fsp3) is 0.600. The number of nitrogens with zero attached hydrogens (tertiary/aromatic N) is 2. The van der Waals surface area contributed by atoms with E-state index in [-0.39, 0.29) is 35.1 Å². The third-order valence-corrected chi connectivity index (χ3v) is 7.48. The number of rotatable bonds is 5. The lowest BCUT2D eigenvalue weighted by molar-refractivity contribution is -0.140. The fourth-order valence-corrected chi connectivity index (χ4v) is 5.62. The van der Waals surface area contributed by atoms with Gasteiger partial charge in [0.15, 0.2) is 6.61 Å². The summed E-state index contributed by atoms with van der Waals surface area (Å²) in [5, 5.41) is 0. The highest BCUT2D eigenvalue weighted by Gasteiger charge is 2.30. The highest BCUT2D eigenvalue weighted by atomic mass is 32.2. The number of likely N-dealkylation sites (tertiary alicyclic amines) is 1. The lowest BCUT2D eigenvalue weighted by Crippen LogP contribution is -2.49. The molecule has 0 saturated carbocycles. The SMILES string of the molecule is C[C@@H]1CCC[C@@H](C)N1C(=O)COC(=O)c1cccc(S(=O)(=O)N2CCCC2)c1. The van der Waals surface area contributed by atoms with Crippen LogP contribution in [0.15, 0.2) is 29.2 Å². The van der Waals surface area contributed by atoms with Gasteiger partial charge in [-0.1, -0.05) is 6.07 Å². The van der Waals surface area contributed by atoms with Crippen LogP contribution in [0.25, 0.3) is 0 Å². The second-order valence-corrected chi connectivity index (χ2v) is 9.58. The lowest BCUT2D eigenvalue weighted by Gasteiger charge is -2.38. The van der Waals surface area contributed by atoms with Gasteiger partial charge >= 0.3 is 5.97 Å². The highest BCUT2D eigenvalue weighted by molar-refractivity contribution is 7.89. The number of hydrogen-bond acceptors (Lipinski definition) is 5. The van der Waals surface area contributed by atoms with E-state index in [1.807, 2.05) is 13.8 Å². The first-order valence-electron chi connectivity index (χ1n) is 9.89. The van der Waals surface area contributed by atoms with E-state index in [4.69, 9.17) is 4.74 Å². The third-order valence-electron chi connectivity index (χ3n) is 5.58. The van der Waals surface area contributed by atoms with Crippen LogP contribution in [0.5, 0.6) is 0 Å². The van der Waals surface area contributed by atoms with Crippen molar-refractivity contribution in [3.63, 3.8) is 0 Å². The minimum absolute atomic E-state index is 0.0773. The molecule has 0 aliphatic carbocycles. The Morgan fingerprint density at radius 1 is 1.07 bits per heavy atom. The van der Waals surface area contributed by atoms with Gasteiger partial charge < -0.3 is 9.64 Å². The van der Waals surface area contributed by atoms with Gasteiger partial charge in [-0.3, -0.25) is 4.79 Å². The van der Waals surface area contributed by atoms with Gasteiger partial charge in [-0.05, 0) is 64.2 Å². The maximum Gasteiger partial charge on any atom is 0.338 e. The summed E-state index contributed by atoms with van der Waals surface area (Å²) in [5.74, 6) is -0.905. The van der Waals surface area contributed by atoms with Crippen molar-refractivity contribution in [1.29, 1.82) is 0 Å². The van der Waals surface area contributed by atoms with Crippen LogP contribution < -0.4 is 0 Å². The van der Waals surface area contributed by atoms with Gasteiger partial charge in [0.1, 0.15) is 0 Å². The molecule has 3 rings (SSSR count). The predicted molar refractivity (Wildman–Crippen MR) is 104 cm³/mol. The number of carbonyl (C=O) groups is 2. The van der Waals surface area contributed by atoms with Gasteiger partial charge in [0.05, 0.1) is 10.5 Å². The molecule has 7 nitrogen and oxygen atoms in total. The summed E-state index contributed by atoms with van der Waals surface area (Å²) in [6.45, 7) is 4.66. The van der Waals surface area contributed by atoms with Crippen molar-refractivity contribution < 1.29 is 22.7 Å². The van der Waals surface area contributed by atoms with Crippen molar-refractivity contribution in [3.8, 4) is 0 Å². The van der Waals surface area contributed by atoms with Crippen LogP contribution in [0.4, 0.5) is 0 Å². The van der Waals surface area contributed by atoms with Crippen molar-refractivity contribution in [2.24, 2.45) is 0 Å². The molecule has 2 aliphatic rings.